The van der Waals surface area contributed by atoms with Crippen LogP contribution in [0.4, 0.5) is 0 Å². The van der Waals surface area contributed by atoms with Gasteiger partial charge in [0.25, 0.3) is 0 Å². The topological polar surface area (TPSA) is 50.1 Å². The lowest BCUT2D eigenvalue weighted by Gasteiger charge is -2.25. The van der Waals surface area contributed by atoms with E-state index in [4.69, 9.17) is 4.74 Å². The first-order valence-corrected chi connectivity index (χ1v) is 5.40. The van der Waals surface area contributed by atoms with Gasteiger partial charge < -0.3 is 4.74 Å². The molecule has 0 aromatic heterocycles. The average Bonchev–Trinajstić information content (AvgIpc) is 3.04. The van der Waals surface area contributed by atoms with Crippen molar-refractivity contribution in [1.82, 2.24) is 0 Å². The molecule has 0 radical (unpaired) electrons. The predicted octanol–water partition coefficient (Wildman–Crippen LogP) is 2.44. The Bertz CT molecular complexity index is 312. The van der Waals surface area contributed by atoms with Crippen molar-refractivity contribution in [2.75, 3.05) is 6.61 Å². The van der Waals surface area contributed by atoms with Crippen LogP contribution in [0, 0.1) is 22.7 Å². The molecule has 0 saturated heterocycles. The Balaban J connectivity index is 2.91. The number of carbonyl (C=O) groups is 1. The molecule has 0 amide bonds. The summed E-state index contributed by atoms with van der Waals surface area (Å²) < 4.78 is 4.97. The molecule has 0 aromatic carbocycles. The lowest BCUT2D eigenvalue weighted by Crippen LogP contribution is -2.33. The largest absolute Gasteiger partial charge is 0.465 e. The first kappa shape index (κ1) is 11.8. The molecule has 0 heterocycles. The van der Waals surface area contributed by atoms with Gasteiger partial charge in [0.1, 0.15) is 0 Å². The maximum absolute atomic E-state index is 11.8. The van der Waals surface area contributed by atoms with Crippen LogP contribution in [-0.2, 0) is 9.53 Å². The SMILES string of the molecule is C=C(C1CC1)[C@@](C#N)(CC)C(=O)OCC. The van der Waals surface area contributed by atoms with E-state index in [1.165, 1.54) is 0 Å². The molecule has 1 atom stereocenters. The van der Waals surface area contributed by atoms with Crippen LogP contribution >= 0.6 is 0 Å². The van der Waals surface area contributed by atoms with Gasteiger partial charge in [0.15, 0.2) is 5.41 Å². The Labute approximate surface area is 90.7 Å². The molecule has 15 heavy (non-hydrogen) atoms. The summed E-state index contributed by atoms with van der Waals surface area (Å²) in [6, 6.07) is 2.10. The molecule has 1 aliphatic rings. The average molecular weight is 207 g/mol. The van der Waals surface area contributed by atoms with Crippen molar-refractivity contribution in [3.63, 3.8) is 0 Å². The van der Waals surface area contributed by atoms with E-state index in [1.807, 2.05) is 6.92 Å². The van der Waals surface area contributed by atoms with E-state index in [9.17, 15) is 10.1 Å². The fourth-order valence-corrected chi connectivity index (χ4v) is 1.73. The van der Waals surface area contributed by atoms with Gasteiger partial charge in [-0.2, -0.15) is 5.26 Å². The lowest BCUT2D eigenvalue weighted by molar-refractivity contribution is -0.150. The second kappa shape index (κ2) is 4.48. The number of esters is 1. The van der Waals surface area contributed by atoms with Crippen LogP contribution in [0.1, 0.15) is 33.1 Å². The van der Waals surface area contributed by atoms with Crippen molar-refractivity contribution in [3.8, 4) is 6.07 Å². The third kappa shape index (κ3) is 2.04. The monoisotopic (exact) mass is 207 g/mol. The summed E-state index contributed by atoms with van der Waals surface area (Å²) in [4.78, 5) is 11.8. The normalized spacial score (nSPS) is 18.7. The van der Waals surface area contributed by atoms with Crippen LogP contribution in [0.5, 0.6) is 0 Å². The number of ether oxygens (including phenoxy) is 1. The molecule has 0 spiro atoms. The second-order valence-corrected chi connectivity index (χ2v) is 3.89. The van der Waals surface area contributed by atoms with E-state index < -0.39 is 11.4 Å². The molecule has 1 rings (SSSR count). The van der Waals surface area contributed by atoms with Gasteiger partial charge >= 0.3 is 5.97 Å². The summed E-state index contributed by atoms with van der Waals surface area (Å²) in [6.07, 6.45) is 2.53. The van der Waals surface area contributed by atoms with Crippen molar-refractivity contribution in [2.24, 2.45) is 11.3 Å². The van der Waals surface area contributed by atoms with Crippen LogP contribution < -0.4 is 0 Å². The molecule has 0 bridgehead atoms. The minimum atomic E-state index is -1.11. The molecule has 0 aliphatic heterocycles. The van der Waals surface area contributed by atoms with Crippen LogP contribution in [0.15, 0.2) is 12.2 Å². The predicted molar refractivity (Wildman–Crippen MR) is 56.8 cm³/mol. The maximum atomic E-state index is 11.8. The van der Waals surface area contributed by atoms with Crippen molar-refractivity contribution >= 4 is 5.97 Å². The van der Waals surface area contributed by atoms with Gasteiger partial charge in [-0.3, -0.25) is 0 Å². The number of hydrogen-bond donors (Lipinski definition) is 0. The molecule has 1 fully saturated rings. The Morgan fingerprint density at radius 1 is 1.60 bits per heavy atom. The Hall–Kier alpha value is -1.30. The van der Waals surface area contributed by atoms with E-state index in [1.54, 1.807) is 6.92 Å². The van der Waals surface area contributed by atoms with Gasteiger partial charge in [-0.15, -0.1) is 0 Å². The summed E-state index contributed by atoms with van der Waals surface area (Å²) >= 11 is 0. The molecule has 0 aromatic rings. The molecule has 0 N–H and O–H groups in total. The molecule has 1 aliphatic carbocycles. The Morgan fingerprint density at radius 3 is 2.53 bits per heavy atom. The number of hydrogen-bond acceptors (Lipinski definition) is 3. The van der Waals surface area contributed by atoms with E-state index in [2.05, 4.69) is 12.6 Å². The highest BCUT2D eigenvalue weighted by molar-refractivity contribution is 5.84. The van der Waals surface area contributed by atoms with Gasteiger partial charge in [-0.25, -0.2) is 4.79 Å². The van der Waals surface area contributed by atoms with Gasteiger partial charge in [0.2, 0.25) is 0 Å². The van der Waals surface area contributed by atoms with Crippen LogP contribution in [0.2, 0.25) is 0 Å². The molecule has 0 unspecified atom stereocenters. The van der Waals surface area contributed by atoms with E-state index in [-0.39, 0.29) is 0 Å². The van der Waals surface area contributed by atoms with Gasteiger partial charge in [-0.1, -0.05) is 13.5 Å². The molecule has 82 valence electrons. The first-order chi connectivity index (χ1) is 7.12. The minimum absolute atomic E-state index is 0.306. The highest BCUT2D eigenvalue weighted by Crippen LogP contribution is 2.46. The number of carbonyl (C=O) groups excluding carboxylic acids is 1. The van der Waals surface area contributed by atoms with Gasteiger partial charge in [-0.05, 0) is 37.7 Å². The van der Waals surface area contributed by atoms with Crippen molar-refractivity contribution < 1.29 is 9.53 Å². The summed E-state index contributed by atoms with van der Waals surface area (Å²) in [6.45, 7) is 7.79. The maximum Gasteiger partial charge on any atom is 0.330 e. The minimum Gasteiger partial charge on any atom is -0.465 e. The summed E-state index contributed by atoms with van der Waals surface area (Å²) in [5, 5.41) is 9.21. The van der Waals surface area contributed by atoms with E-state index in [0.29, 0.717) is 18.9 Å². The van der Waals surface area contributed by atoms with Crippen LogP contribution in [-0.4, -0.2) is 12.6 Å². The van der Waals surface area contributed by atoms with Crippen molar-refractivity contribution in [3.05, 3.63) is 12.2 Å². The highest BCUT2D eigenvalue weighted by atomic mass is 16.5. The first-order valence-electron chi connectivity index (χ1n) is 5.40. The number of nitrogens with zero attached hydrogens (tertiary/aromatic N) is 1. The van der Waals surface area contributed by atoms with Gasteiger partial charge in [0, 0.05) is 0 Å². The van der Waals surface area contributed by atoms with Crippen molar-refractivity contribution in [2.45, 2.75) is 33.1 Å². The second-order valence-electron chi connectivity index (χ2n) is 3.89. The Kier molecular flexibility index (Phi) is 3.52. The van der Waals surface area contributed by atoms with E-state index >= 15 is 0 Å². The summed E-state index contributed by atoms with van der Waals surface area (Å²) in [5.74, 6) is -0.0964. The molecule has 3 heteroatoms. The molecule has 3 nitrogen and oxygen atoms in total. The number of nitriles is 1. The zero-order valence-electron chi connectivity index (χ0n) is 9.38. The van der Waals surface area contributed by atoms with Crippen LogP contribution in [0.25, 0.3) is 0 Å². The number of rotatable bonds is 5. The summed E-state index contributed by atoms with van der Waals surface area (Å²) in [7, 11) is 0. The molecular weight excluding hydrogens is 190 g/mol. The quantitative estimate of drug-likeness (QED) is 0.514. The molecule has 1 saturated carbocycles. The fraction of sp³-hybridized carbons (Fsp3) is 0.667. The summed E-state index contributed by atoms with van der Waals surface area (Å²) in [5.41, 5.74) is -0.372. The highest BCUT2D eigenvalue weighted by Gasteiger charge is 2.46. The molecular formula is C12H17NO2. The third-order valence-electron chi connectivity index (χ3n) is 2.96. The fourth-order valence-electron chi connectivity index (χ4n) is 1.73. The van der Waals surface area contributed by atoms with E-state index in [0.717, 1.165) is 18.4 Å². The van der Waals surface area contributed by atoms with Crippen LogP contribution in [0.3, 0.4) is 0 Å². The Morgan fingerprint density at radius 2 is 2.20 bits per heavy atom. The zero-order chi connectivity index (χ0) is 11.5. The third-order valence-corrected chi connectivity index (χ3v) is 2.96. The van der Waals surface area contributed by atoms with Gasteiger partial charge in [0.05, 0.1) is 12.7 Å². The standard InChI is InChI=1S/C12H17NO2/c1-4-12(8-13,11(14)15-5-2)9(3)10-6-7-10/h10H,3-7H2,1-2H3/t12-/m0/s1. The smallest absolute Gasteiger partial charge is 0.330 e. The lowest BCUT2D eigenvalue weighted by atomic mass is 9.77. The zero-order valence-corrected chi connectivity index (χ0v) is 9.38. The van der Waals surface area contributed by atoms with Crippen molar-refractivity contribution in [1.29, 1.82) is 5.26 Å².